The summed E-state index contributed by atoms with van der Waals surface area (Å²) in [6, 6.07) is 1.14. The van der Waals surface area contributed by atoms with Crippen molar-refractivity contribution in [3.8, 4) is 0 Å². The summed E-state index contributed by atoms with van der Waals surface area (Å²) in [5.74, 6) is 0.0618. The Morgan fingerprint density at radius 2 is 1.85 bits per heavy atom. The van der Waals surface area contributed by atoms with Crippen LogP contribution >= 0.6 is 24.8 Å². The fourth-order valence-corrected chi connectivity index (χ4v) is 4.54. The van der Waals surface area contributed by atoms with Gasteiger partial charge in [0.2, 0.25) is 0 Å². The van der Waals surface area contributed by atoms with Crippen molar-refractivity contribution in [3.05, 3.63) is 11.4 Å². The molecule has 0 saturated carbocycles. The summed E-state index contributed by atoms with van der Waals surface area (Å²) in [5.41, 5.74) is 1.47. The first kappa shape index (κ1) is 21.4. The van der Waals surface area contributed by atoms with E-state index in [1.54, 1.807) is 0 Å². The number of piperidine rings is 1. The van der Waals surface area contributed by atoms with Crippen LogP contribution in [0, 0.1) is 6.92 Å². The van der Waals surface area contributed by atoms with Gasteiger partial charge in [-0.05, 0) is 59.2 Å². The molecule has 0 aromatic carbocycles. The first-order chi connectivity index (χ1) is 11.6. The Hall–Kier alpha value is -0.890. The molecule has 7 nitrogen and oxygen atoms in total. The lowest BCUT2D eigenvalue weighted by molar-refractivity contribution is 0.0389. The lowest BCUT2D eigenvalue weighted by Gasteiger charge is -2.42. The van der Waals surface area contributed by atoms with Gasteiger partial charge in [0.15, 0.2) is 5.69 Å². The maximum absolute atomic E-state index is 13.1. The molecule has 0 bridgehead atoms. The number of nitrogens with one attached hydrogen (secondary N) is 1. The highest BCUT2D eigenvalue weighted by molar-refractivity contribution is 5.93. The van der Waals surface area contributed by atoms with Crippen LogP contribution in [0.5, 0.6) is 0 Å². The van der Waals surface area contributed by atoms with Crippen LogP contribution in [0.1, 0.15) is 54.8 Å². The lowest BCUT2D eigenvalue weighted by atomic mass is 10.1. The van der Waals surface area contributed by atoms with E-state index in [0.29, 0.717) is 17.8 Å². The highest BCUT2D eigenvalue weighted by atomic mass is 35.5. The van der Waals surface area contributed by atoms with Gasteiger partial charge in [-0.1, -0.05) is 5.21 Å². The van der Waals surface area contributed by atoms with Gasteiger partial charge in [0.05, 0.1) is 11.7 Å². The van der Waals surface area contributed by atoms with Crippen molar-refractivity contribution in [1.29, 1.82) is 0 Å². The highest BCUT2D eigenvalue weighted by Crippen LogP contribution is 2.27. The molecule has 2 atom stereocenters. The standard InChI is InChI=1S/C17H28N6O.2ClH/c1-12-10-21-9-3-4-15(21)11-22(12)17(24)16-13(2)23(20-19-16)14-5-7-18-8-6-14;;/h12,14-15,18H,3-11H2,1-2H3;2*1H. The third-order valence-electron chi connectivity index (χ3n) is 5.98. The Balaban J connectivity index is 0.00000121. The molecule has 3 aliphatic heterocycles. The average molecular weight is 405 g/mol. The zero-order valence-corrected chi connectivity index (χ0v) is 17.2. The first-order valence-corrected chi connectivity index (χ1v) is 9.32. The van der Waals surface area contributed by atoms with Crippen LogP contribution in [-0.4, -0.2) is 75.5 Å². The maximum Gasteiger partial charge on any atom is 0.276 e. The number of hydrogen-bond donors (Lipinski definition) is 1. The van der Waals surface area contributed by atoms with Crippen molar-refractivity contribution < 1.29 is 4.79 Å². The zero-order chi connectivity index (χ0) is 16.7. The minimum absolute atomic E-state index is 0. The van der Waals surface area contributed by atoms with E-state index in [2.05, 4.69) is 27.5 Å². The van der Waals surface area contributed by atoms with Crippen LogP contribution < -0.4 is 5.32 Å². The number of fused-ring (bicyclic) bond motifs is 1. The van der Waals surface area contributed by atoms with E-state index in [-0.39, 0.29) is 36.8 Å². The molecule has 0 aliphatic carbocycles. The van der Waals surface area contributed by atoms with E-state index in [9.17, 15) is 4.79 Å². The van der Waals surface area contributed by atoms with Crippen LogP contribution in [0.3, 0.4) is 0 Å². The number of carbonyl (C=O) groups is 1. The molecule has 3 fully saturated rings. The molecule has 148 valence electrons. The molecule has 1 aromatic rings. The molecule has 26 heavy (non-hydrogen) atoms. The summed E-state index contributed by atoms with van der Waals surface area (Å²) in [5, 5.41) is 12.0. The number of carbonyl (C=O) groups excluding carboxylic acids is 1. The van der Waals surface area contributed by atoms with Crippen molar-refractivity contribution in [2.75, 3.05) is 32.7 Å². The highest BCUT2D eigenvalue weighted by Gasteiger charge is 2.38. The molecule has 0 spiro atoms. The van der Waals surface area contributed by atoms with Crippen LogP contribution in [0.15, 0.2) is 0 Å². The normalized spacial score (nSPS) is 26.8. The second-order valence-corrected chi connectivity index (χ2v) is 7.55. The smallest absolute Gasteiger partial charge is 0.276 e. The fraction of sp³-hybridized carbons (Fsp3) is 0.824. The Kier molecular flexibility index (Phi) is 7.30. The molecule has 3 aliphatic rings. The Bertz CT molecular complexity index is 618. The minimum Gasteiger partial charge on any atom is -0.332 e. The molecule has 1 aromatic heterocycles. The van der Waals surface area contributed by atoms with Gasteiger partial charge in [0.25, 0.3) is 5.91 Å². The molecule has 2 unspecified atom stereocenters. The average Bonchev–Trinajstić information content (AvgIpc) is 3.20. The third-order valence-corrected chi connectivity index (χ3v) is 5.98. The molecule has 0 radical (unpaired) electrons. The minimum atomic E-state index is 0. The molecule has 9 heteroatoms. The predicted molar refractivity (Wildman–Crippen MR) is 105 cm³/mol. The number of nitrogens with zero attached hydrogens (tertiary/aromatic N) is 5. The summed E-state index contributed by atoms with van der Waals surface area (Å²) >= 11 is 0. The lowest BCUT2D eigenvalue weighted by Crippen LogP contribution is -2.56. The van der Waals surface area contributed by atoms with Crippen molar-refractivity contribution >= 4 is 30.7 Å². The number of hydrogen-bond acceptors (Lipinski definition) is 5. The molecule has 3 saturated heterocycles. The van der Waals surface area contributed by atoms with Gasteiger partial charge in [0, 0.05) is 25.2 Å². The van der Waals surface area contributed by atoms with Gasteiger partial charge in [-0.3, -0.25) is 9.69 Å². The van der Waals surface area contributed by atoms with Gasteiger partial charge in [-0.15, -0.1) is 29.9 Å². The van der Waals surface area contributed by atoms with Gasteiger partial charge in [0.1, 0.15) is 0 Å². The fourth-order valence-electron chi connectivity index (χ4n) is 4.54. The zero-order valence-electron chi connectivity index (χ0n) is 15.6. The Labute approximate surface area is 167 Å². The number of rotatable bonds is 2. The maximum atomic E-state index is 13.1. The quantitative estimate of drug-likeness (QED) is 0.811. The van der Waals surface area contributed by atoms with Crippen LogP contribution in [-0.2, 0) is 0 Å². The molecule has 4 rings (SSSR count). The predicted octanol–water partition coefficient (Wildman–Crippen LogP) is 1.66. The monoisotopic (exact) mass is 404 g/mol. The largest absolute Gasteiger partial charge is 0.332 e. The Morgan fingerprint density at radius 3 is 2.58 bits per heavy atom. The van der Waals surface area contributed by atoms with Crippen molar-refractivity contribution in [3.63, 3.8) is 0 Å². The van der Waals surface area contributed by atoms with Crippen LogP contribution in [0.4, 0.5) is 0 Å². The van der Waals surface area contributed by atoms with Crippen molar-refractivity contribution in [2.45, 2.75) is 57.7 Å². The van der Waals surface area contributed by atoms with Gasteiger partial charge < -0.3 is 10.2 Å². The van der Waals surface area contributed by atoms with Crippen LogP contribution in [0.2, 0.25) is 0 Å². The second kappa shape index (κ2) is 8.87. The number of halogens is 2. The summed E-state index contributed by atoms with van der Waals surface area (Å²) in [6.45, 7) is 9.16. The van der Waals surface area contributed by atoms with E-state index in [0.717, 1.165) is 44.7 Å². The molecular formula is C17H30Cl2N6O. The SMILES string of the molecule is Cc1c(C(=O)N2CC3CCCN3CC2C)nnn1C1CCNCC1.Cl.Cl. The number of aromatic nitrogens is 3. The summed E-state index contributed by atoms with van der Waals surface area (Å²) in [6.07, 6.45) is 4.56. The number of amides is 1. The van der Waals surface area contributed by atoms with Gasteiger partial charge in [-0.2, -0.15) is 0 Å². The summed E-state index contributed by atoms with van der Waals surface area (Å²) in [7, 11) is 0. The van der Waals surface area contributed by atoms with E-state index >= 15 is 0 Å². The van der Waals surface area contributed by atoms with Crippen LogP contribution in [0.25, 0.3) is 0 Å². The van der Waals surface area contributed by atoms with E-state index in [1.165, 1.54) is 19.4 Å². The molecule has 4 heterocycles. The number of piperazine rings is 1. The van der Waals surface area contributed by atoms with E-state index in [4.69, 9.17) is 0 Å². The molecular weight excluding hydrogens is 375 g/mol. The van der Waals surface area contributed by atoms with Gasteiger partial charge >= 0.3 is 0 Å². The third kappa shape index (κ3) is 3.86. The van der Waals surface area contributed by atoms with Crippen molar-refractivity contribution in [2.24, 2.45) is 0 Å². The molecule has 1 amide bonds. The summed E-state index contributed by atoms with van der Waals surface area (Å²) < 4.78 is 1.98. The van der Waals surface area contributed by atoms with E-state index < -0.39 is 0 Å². The first-order valence-electron chi connectivity index (χ1n) is 9.32. The second-order valence-electron chi connectivity index (χ2n) is 7.55. The van der Waals surface area contributed by atoms with Gasteiger partial charge in [-0.25, -0.2) is 4.68 Å². The topological polar surface area (TPSA) is 66.3 Å². The Morgan fingerprint density at radius 1 is 1.12 bits per heavy atom. The summed E-state index contributed by atoms with van der Waals surface area (Å²) in [4.78, 5) is 17.7. The van der Waals surface area contributed by atoms with Crippen molar-refractivity contribution in [1.82, 2.24) is 30.1 Å². The van der Waals surface area contributed by atoms with E-state index in [1.807, 2.05) is 16.5 Å². The molecule has 1 N–H and O–H groups in total.